The number of piperidine rings is 1. The molecule has 8 heteroatoms. The third-order valence-electron chi connectivity index (χ3n) is 4.12. The SMILES string of the molecule is Cc1noc([C@H]2CCCN(c3ncnc4c3cnn4C)C2)n1. The molecule has 8 nitrogen and oxygen atoms in total. The van der Waals surface area contributed by atoms with E-state index in [0.717, 1.165) is 48.7 Å². The molecule has 0 bridgehead atoms. The van der Waals surface area contributed by atoms with Crippen LogP contribution in [0, 0.1) is 6.92 Å². The number of aromatic nitrogens is 6. The van der Waals surface area contributed by atoms with Crippen LogP contribution in [-0.2, 0) is 7.05 Å². The third kappa shape index (κ3) is 2.11. The van der Waals surface area contributed by atoms with Gasteiger partial charge >= 0.3 is 0 Å². The van der Waals surface area contributed by atoms with Crippen molar-refractivity contribution in [3.63, 3.8) is 0 Å². The predicted molar refractivity (Wildman–Crippen MR) is 79.5 cm³/mol. The first-order valence-corrected chi connectivity index (χ1v) is 7.40. The predicted octanol–water partition coefficient (Wildman–Crippen LogP) is 1.44. The number of aryl methyl sites for hydroxylation is 2. The van der Waals surface area contributed by atoms with E-state index in [2.05, 4.69) is 30.1 Å². The molecule has 0 N–H and O–H groups in total. The van der Waals surface area contributed by atoms with E-state index in [4.69, 9.17) is 4.52 Å². The maximum absolute atomic E-state index is 5.34. The van der Waals surface area contributed by atoms with Gasteiger partial charge in [-0.05, 0) is 19.8 Å². The van der Waals surface area contributed by atoms with Gasteiger partial charge in [-0.25, -0.2) is 9.97 Å². The first-order valence-electron chi connectivity index (χ1n) is 7.40. The molecule has 1 atom stereocenters. The topological polar surface area (TPSA) is 85.8 Å². The molecule has 0 aliphatic carbocycles. The first-order chi connectivity index (χ1) is 10.7. The lowest BCUT2D eigenvalue weighted by atomic mass is 9.98. The largest absolute Gasteiger partial charge is 0.355 e. The molecule has 0 aromatic carbocycles. The van der Waals surface area contributed by atoms with Gasteiger partial charge < -0.3 is 9.42 Å². The van der Waals surface area contributed by atoms with Crippen LogP contribution in [0.2, 0.25) is 0 Å². The summed E-state index contributed by atoms with van der Waals surface area (Å²) in [5.74, 6) is 2.58. The van der Waals surface area contributed by atoms with Crippen LogP contribution in [0.1, 0.15) is 30.5 Å². The fraction of sp³-hybridized carbons (Fsp3) is 0.500. The quantitative estimate of drug-likeness (QED) is 0.707. The third-order valence-corrected chi connectivity index (χ3v) is 4.12. The normalized spacial score (nSPS) is 19.0. The van der Waals surface area contributed by atoms with E-state index in [0.29, 0.717) is 5.82 Å². The van der Waals surface area contributed by atoms with Crippen molar-refractivity contribution in [3.05, 3.63) is 24.2 Å². The van der Waals surface area contributed by atoms with E-state index in [1.807, 2.05) is 20.2 Å². The van der Waals surface area contributed by atoms with Crippen LogP contribution < -0.4 is 4.90 Å². The number of anilines is 1. The monoisotopic (exact) mass is 299 g/mol. The van der Waals surface area contributed by atoms with Gasteiger partial charge in [-0.1, -0.05) is 5.16 Å². The molecule has 1 saturated heterocycles. The molecule has 114 valence electrons. The summed E-state index contributed by atoms with van der Waals surface area (Å²) in [6.07, 6.45) is 5.54. The fourth-order valence-corrected chi connectivity index (χ4v) is 3.05. The van der Waals surface area contributed by atoms with Gasteiger partial charge in [-0.2, -0.15) is 10.1 Å². The minimum absolute atomic E-state index is 0.247. The Kier molecular flexibility index (Phi) is 3.02. The summed E-state index contributed by atoms with van der Waals surface area (Å²) in [4.78, 5) is 15.4. The second kappa shape index (κ2) is 5.04. The molecule has 1 aliphatic heterocycles. The van der Waals surface area contributed by atoms with Crippen LogP contribution in [0.4, 0.5) is 5.82 Å². The highest BCUT2D eigenvalue weighted by atomic mass is 16.5. The smallest absolute Gasteiger partial charge is 0.231 e. The summed E-state index contributed by atoms with van der Waals surface area (Å²) < 4.78 is 7.11. The van der Waals surface area contributed by atoms with Crippen LogP contribution in [-0.4, -0.2) is 43.0 Å². The minimum atomic E-state index is 0.247. The average molecular weight is 299 g/mol. The van der Waals surface area contributed by atoms with Crippen LogP contribution in [0.5, 0.6) is 0 Å². The lowest BCUT2D eigenvalue weighted by Gasteiger charge is -2.32. The standard InChI is InChI=1S/C14H17N7O/c1-9-18-14(22-19-9)10-4-3-5-21(7-10)13-11-6-17-20(2)12(11)15-8-16-13/h6,8,10H,3-5,7H2,1-2H3/t10-/m0/s1. The van der Waals surface area contributed by atoms with E-state index in [-0.39, 0.29) is 5.92 Å². The van der Waals surface area contributed by atoms with E-state index < -0.39 is 0 Å². The average Bonchev–Trinajstić information content (AvgIpc) is 3.14. The zero-order chi connectivity index (χ0) is 15.1. The van der Waals surface area contributed by atoms with E-state index in [1.165, 1.54) is 0 Å². The molecular weight excluding hydrogens is 282 g/mol. The van der Waals surface area contributed by atoms with Gasteiger partial charge in [0.1, 0.15) is 12.1 Å². The van der Waals surface area contributed by atoms with Crippen molar-refractivity contribution in [1.82, 2.24) is 29.9 Å². The fourth-order valence-electron chi connectivity index (χ4n) is 3.05. The second-order valence-corrected chi connectivity index (χ2v) is 5.67. The molecular formula is C14H17N7O. The van der Waals surface area contributed by atoms with Crippen molar-refractivity contribution in [2.75, 3.05) is 18.0 Å². The summed E-state index contributed by atoms with van der Waals surface area (Å²) in [6.45, 7) is 3.63. The Morgan fingerprint density at radius 3 is 3.05 bits per heavy atom. The molecule has 1 aliphatic rings. The molecule has 0 radical (unpaired) electrons. The Balaban J connectivity index is 1.66. The van der Waals surface area contributed by atoms with Crippen molar-refractivity contribution < 1.29 is 4.52 Å². The van der Waals surface area contributed by atoms with Crippen LogP contribution in [0.3, 0.4) is 0 Å². The van der Waals surface area contributed by atoms with Crippen molar-refractivity contribution in [3.8, 4) is 0 Å². The lowest BCUT2D eigenvalue weighted by Crippen LogP contribution is -2.35. The summed E-state index contributed by atoms with van der Waals surface area (Å²) in [5.41, 5.74) is 0.848. The van der Waals surface area contributed by atoms with Crippen LogP contribution in [0.15, 0.2) is 17.0 Å². The Hall–Kier alpha value is -2.51. The van der Waals surface area contributed by atoms with Gasteiger partial charge in [0.15, 0.2) is 11.5 Å². The number of hydrogen-bond acceptors (Lipinski definition) is 7. The van der Waals surface area contributed by atoms with Crippen molar-refractivity contribution >= 4 is 16.9 Å². The molecule has 0 unspecified atom stereocenters. The Labute approximate surface area is 127 Å². The number of nitrogens with zero attached hydrogens (tertiary/aromatic N) is 7. The zero-order valence-electron chi connectivity index (χ0n) is 12.6. The van der Waals surface area contributed by atoms with Gasteiger partial charge in [0.05, 0.1) is 17.5 Å². The molecule has 0 spiro atoms. The van der Waals surface area contributed by atoms with Crippen molar-refractivity contribution in [2.45, 2.75) is 25.7 Å². The number of rotatable bonds is 2. The summed E-state index contributed by atoms with van der Waals surface area (Å²) in [6, 6.07) is 0. The maximum Gasteiger partial charge on any atom is 0.231 e. The molecule has 3 aromatic rings. The molecule has 22 heavy (non-hydrogen) atoms. The van der Waals surface area contributed by atoms with Crippen molar-refractivity contribution in [2.24, 2.45) is 7.05 Å². The first kappa shape index (κ1) is 13.2. The van der Waals surface area contributed by atoms with Crippen molar-refractivity contribution in [1.29, 1.82) is 0 Å². The van der Waals surface area contributed by atoms with Gasteiger partial charge in [0.25, 0.3) is 0 Å². The van der Waals surface area contributed by atoms with Gasteiger partial charge in [0, 0.05) is 20.1 Å². The summed E-state index contributed by atoms with van der Waals surface area (Å²) in [5, 5.41) is 9.16. The number of hydrogen-bond donors (Lipinski definition) is 0. The Morgan fingerprint density at radius 1 is 1.32 bits per heavy atom. The molecule has 0 amide bonds. The number of fused-ring (bicyclic) bond motifs is 1. The molecule has 3 aromatic heterocycles. The van der Waals surface area contributed by atoms with Gasteiger partial charge in [-0.3, -0.25) is 4.68 Å². The molecule has 0 saturated carbocycles. The van der Waals surface area contributed by atoms with Crippen LogP contribution >= 0.6 is 0 Å². The van der Waals surface area contributed by atoms with Gasteiger partial charge in [-0.15, -0.1) is 0 Å². The maximum atomic E-state index is 5.34. The van der Waals surface area contributed by atoms with E-state index in [9.17, 15) is 0 Å². The zero-order valence-corrected chi connectivity index (χ0v) is 12.6. The molecule has 1 fully saturated rings. The second-order valence-electron chi connectivity index (χ2n) is 5.67. The highest BCUT2D eigenvalue weighted by molar-refractivity contribution is 5.86. The van der Waals surface area contributed by atoms with Gasteiger partial charge in [0.2, 0.25) is 5.89 Å². The Morgan fingerprint density at radius 2 is 2.23 bits per heavy atom. The Bertz CT molecular complexity index is 808. The molecule has 4 heterocycles. The lowest BCUT2D eigenvalue weighted by molar-refractivity contribution is 0.331. The van der Waals surface area contributed by atoms with Crippen LogP contribution in [0.25, 0.3) is 11.0 Å². The summed E-state index contributed by atoms with van der Waals surface area (Å²) >= 11 is 0. The molecule has 4 rings (SSSR count). The summed E-state index contributed by atoms with van der Waals surface area (Å²) in [7, 11) is 1.89. The highest BCUT2D eigenvalue weighted by Gasteiger charge is 2.27. The minimum Gasteiger partial charge on any atom is -0.355 e. The van der Waals surface area contributed by atoms with E-state index >= 15 is 0 Å². The van der Waals surface area contributed by atoms with E-state index in [1.54, 1.807) is 11.0 Å². The highest BCUT2D eigenvalue weighted by Crippen LogP contribution is 2.31.